The molecule has 0 saturated carbocycles. The highest BCUT2D eigenvalue weighted by molar-refractivity contribution is 6.30. The molecular formula is C9H10ClN3O. The molecule has 0 aliphatic carbocycles. The van der Waals surface area contributed by atoms with Gasteiger partial charge < -0.3 is 5.11 Å². The molecule has 1 N–H and O–H groups in total. The maximum absolute atomic E-state index is 9.90. The number of halogens is 1. The summed E-state index contributed by atoms with van der Waals surface area (Å²) < 4.78 is 0. The number of rotatable bonds is 3. The van der Waals surface area contributed by atoms with Crippen molar-refractivity contribution in [3.63, 3.8) is 0 Å². The molecule has 4 nitrogen and oxygen atoms in total. The van der Waals surface area contributed by atoms with E-state index in [1.807, 2.05) is 0 Å². The monoisotopic (exact) mass is 211 g/mol. The van der Waals surface area contributed by atoms with Gasteiger partial charge in [0.05, 0.1) is 12.1 Å². The molecular weight excluding hydrogens is 202 g/mol. The van der Waals surface area contributed by atoms with Gasteiger partial charge in [0.1, 0.15) is 0 Å². The van der Waals surface area contributed by atoms with Gasteiger partial charge in [0.2, 0.25) is 0 Å². The van der Waals surface area contributed by atoms with E-state index in [0.717, 1.165) is 0 Å². The van der Waals surface area contributed by atoms with Crippen LogP contribution in [0.2, 0.25) is 5.02 Å². The van der Waals surface area contributed by atoms with Crippen molar-refractivity contribution in [3.05, 3.63) is 45.3 Å². The van der Waals surface area contributed by atoms with Gasteiger partial charge in [-0.2, -0.15) is 0 Å². The van der Waals surface area contributed by atoms with E-state index < -0.39 is 5.60 Å². The fourth-order valence-electron chi connectivity index (χ4n) is 1.07. The van der Waals surface area contributed by atoms with Crippen LogP contribution in [0.5, 0.6) is 0 Å². The summed E-state index contributed by atoms with van der Waals surface area (Å²) in [6, 6.07) is 6.77. The zero-order valence-electron chi connectivity index (χ0n) is 7.68. The molecule has 0 fully saturated rings. The summed E-state index contributed by atoms with van der Waals surface area (Å²) >= 11 is 5.70. The zero-order chi connectivity index (χ0) is 10.6. The molecule has 74 valence electrons. The van der Waals surface area contributed by atoms with Crippen LogP contribution in [0.1, 0.15) is 12.5 Å². The minimum atomic E-state index is -1.14. The SMILES string of the molecule is C[C@](O)(CN=[N+]=[N-])c1ccc(Cl)cc1. The Morgan fingerprint density at radius 1 is 1.50 bits per heavy atom. The van der Waals surface area contributed by atoms with Gasteiger partial charge >= 0.3 is 0 Å². The summed E-state index contributed by atoms with van der Waals surface area (Å²) in [7, 11) is 0. The second-order valence-electron chi connectivity index (χ2n) is 3.17. The second kappa shape index (κ2) is 4.33. The maximum atomic E-state index is 9.90. The van der Waals surface area contributed by atoms with Crippen LogP contribution in [-0.4, -0.2) is 11.7 Å². The standard InChI is InChI=1S/C9H10ClN3O/c1-9(14,6-12-13-11)7-2-4-8(10)5-3-7/h2-5,14H,6H2,1H3/t9-/m0/s1. The predicted molar refractivity (Wildman–Crippen MR) is 55.0 cm³/mol. The summed E-state index contributed by atoms with van der Waals surface area (Å²) in [5, 5.41) is 13.8. The highest BCUT2D eigenvalue weighted by atomic mass is 35.5. The van der Waals surface area contributed by atoms with Crippen molar-refractivity contribution in [3.8, 4) is 0 Å². The minimum Gasteiger partial charge on any atom is -0.385 e. The van der Waals surface area contributed by atoms with Crippen molar-refractivity contribution in [2.75, 3.05) is 6.54 Å². The third-order valence-corrected chi connectivity index (χ3v) is 2.16. The number of nitrogens with zero attached hydrogens (tertiary/aromatic N) is 3. The van der Waals surface area contributed by atoms with Crippen LogP contribution in [0.4, 0.5) is 0 Å². The van der Waals surface area contributed by atoms with Crippen LogP contribution >= 0.6 is 11.6 Å². The molecule has 14 heavy (non-hydrogen) atoms. The van der Waals surface area contributed by atoms with Gasteiger partial charge in [-0.3, -0.25) is 0 Å². The quantitative estimate of drug-likeness (QED) is 0.466. The van der Waals surface area contributed by atoms with Crippen LogP contribution in [0, 0.1) is 0 Å². The Kier molecular flexibility index (Phi) is 3.36. The molecule has 0 heterocycles. The Morgan fingerprint density at radius 3 is 2.57 bits per heavy atom. The molecule has 0 aliphatic heterocycles. The summed E-state index contributed by atoms with van der Waals surface area (Å²) in [4.78, 5) is 2.60. The first-order valence-corrected chi connectivity index (χ1v) is 4.43. The lowest BCUT2D eigenvalue weighted by atomic mass is 9.96. The van der Waals surface area contributed by atoms with E-state index in [1.165, 1.54) is 0 Å². The van der Waals surface area contributed by atoms with Crippen LogP contribution in [-0.2, 0) is 5.60 Å². The van der Waals surface area contributed by atoms with E-state index in [9.17, 15) is 5.11 Å². The first-order valence-electron chi connectivity index (χ1n) is 4.05. The van der Waals surface area contributed by atoms with Crippen molar-refractivity contribution in [1.82, 2.24) is 0 Å². The van der Waals surface area contributed by atoms with Crippen LogP contribution in [0.25, 0.3) is 10.4 Å². The van der Waals surface area contributed by atoms with E-state index in [0.29, 0.717) is 10.6 Å². The highest BCUT2D eigenvalue weighted by Crippen LogP contribution is 2.22. The normalized spacial score (nSPS) is 14.2. The Bertz CT molecular complexity index is 355. The molecule has 1 rings (SSSR count). The van der Waals surface area contributed by atoms with Crippen molar-refractivity contribution < 1.29 is 5.11 Å². The van der Waals surface area contributed by atoms with Crippen molar-refractivity contribution >= 4 is 11.6 Å². The van der Waals surface area contributed by atoms with Crippen molar-refractivity contribution in [2.45, 2.75) is 12.5 Å². The molecule has 1 aromatic rings. The molecule has 0 aromatic heterocycles. The molecule has 1 atom stereocenters. The number of benzene rings is 1. The molecule has 0 amide bonds. The van der Waals surface area contributed by atoms with E-state index >= 15 is 0 Å². The Balaban J connectivity index is 2.91. The third kappa shape index (κ3) is 2.64. The third-order valence-electron chi connectivity index (χ3n) is 1.91. The largest absolute Gasteiger partial charge is 0.385 e. The Labute approximate surface area is 86.8 Å². The Hall–Kier alpha value is -1.22. The minimum absolute atomic E-state index is 0.00509. The topological polar surface area (TPSA) is 69.0 Å². The van der Waals surface area contributed by atoms with Crippen molar-refractivity contribution in [1.29, 1.82) is 0 Å². The molecule has 5 heteroatoms. The van der Waals surface area contributed by atoms with Gasteiger partial charge in [-0.15, -0.1) is 0 Å². The number of hydrogen-bond acceptors (Lipinski definition) is 2. The maximum Gasteiger partial charge on any atom is 0.0924 e. The smallest absolute Gasteiger partial charge is 0.0924 e. The first kappa shape index (κ1) is 10.9. The van der Waals surface area contributed by atoms with Gasteiger partial charge in [-0.1, -0.05) is 28.8 Å². The molecule has 0 aliphatic rings. The van der Waals surface area contributed by atoms with Crippen LogP contribution < -0.4 is 0 Å². The van der Waals surface area contributed by atoms with Crippen LogP contribution in [0.15, 0.2) is 29.4 Å². The molecule has 0 bridgehead atoms. The van der Waals surface area contributed by atoms with E-state index in [1.54, 1.807) is 31.2 Å². The van der Waals surface area contributed by atoms with Gasteiger partial charge in [0.25, 0.3) is 0 Å². The van der Waals surface area contributed by atoms with Gasteiger partial charge in [0.15, 0.2) is 0 Å². The molecule has 1 aromatic carbocycles. The Morgan fingerprint density at radius 2 is 2.07 bits per heavy atom. The fraction of sp³-hybridized carbons (Fsp3) is 0.333. The lowest BCUT2D eigenvalue weighted by Crippen LogP contribution is -2.24. The van der Waals surface area contributed by atoms with Crippen LogP contribution in [0.3, 0.4) is 0 Å². The van der Waals surface area contributed by atoms with Gasteiger partial charge in [-0.05, 0) is 30.2 Å². The highest BCUT2D eigenvalue weighted by Gasteiger charge is 2.21. The second-order valence-corrected chi connectivity index (χ2v) is 3.61. The molecule has 0 saturated heterocycles. The van der Waals surface area contributed by atoms with Crippen molar-refractivity contribution in [2.24, 2.45) is 5.11 Å². The van der Waals surface area contributed by atoms with E-state index in [4.69, 9.17) is 17.1 Å². The molecule has 0 radical (unpaired) electrons. The average Bonchev–Trinajstić information content (AvgIpc) is 2.16. The number of aliphatic hydroxyl groups is 1. The lowest BCUT2D eigenvalue weighted by molar-refractivity contribution is 0.0669. The van der Waals surface area contributed by atoms with Gasteiger partial charge in [0, 0.05) is 9.93 Å². The van der Waals surface area contributed by atoms with E-state index in [-0.39, 0.29) is 6.54 Å². The average molecular weight is 212 g/mol. The van der Waals surface area contributed by atoms with E-state index in [2.05, 4.69) is 10.0 Å². The lowest BCUT2D eigenvalue weighted by Gasteiger charge is -2.21. The fourth-order valence-corrected chi connectivity index (χ4v) is 1.20. The number of hydrogen-bond donors (Lipinski definition) is 1. The zero-order valence-corrected chi connectivity index (χ0v) is 8.44. The summed E-state index contributed by atoms with van der Waals surface area (Å²) in [5.74, 6) is 0. The molecule has 0 spiro atoms. The number of azide groups is 1. The first-order chi connectivity index (χ1) is 6.56. The predicted octanol–water partition coefficient (Wildman–Crippen LogP) is 2.86. The summed E-state index contributed by atoms with van der Waals surface area (Å²) in [6.45, 7) is 1.59. The summed E-state index contributed by atoms with van der Waals surface area (Å²) in [6.07, 6.45) is 0. The molecule has 0 unspecified atom stereocenters. The summed E-state index contributed by atoms with van der Waals surface area (Å²) in [5.41, 5.74) is 7.68. The van der Waals surface area contributed by atoms with Gasteiger partial charge in [-0.25, -0.2) is 0 Å².